The zero-order valence-corrected chi connectivity index (χ0v) is 10.4. The van der Waals surface area contributed by atoms with Crippen molar-refractivity contribution in [3.63, 3.8) is 0 Å². The first kappa shape index (κ1) is 12.9. The summed E-state index contributed by atoms with van der Waals surface area (Å²) in [5, 5.41) is 3.35. The van der Waals surface area contributed by atoms with Gasteiger partial charge in [-0.05, 0) is 38.8 Å². The van der Waals surface area contributed by atoms with E-state index in [0.29, 0.717) is 6.04 Å². The predicted molar refractivity (Wildman–Crippen MR) is 65.6 cm³/mol. The number of nitrogens with one attached hydrogen (secondary N) is 1. The van der Waals surface area contributed by atoms with Gasteiger partial charge in [-0.15, -0.1) is 0 Å². The number of nitrogens with zero attached hydrogens (tertiary/aromatic N) is 2. The molecular formula is C12H21N3O. The monoisotopic (exact) mass is 223 g/mol. The smallest absolute Gasteiger partial charge is 0.315 e. The molecule has 0 bridgehead atoms. The minimum absolute atomic E-state index is 0.151. The molecule has 1 unspecified atom stereocenters. The second-order valence-corrected chi connectivity index (χ2v) is 4.21. The lowest BCUT2D eigenvalue weighted by Gasteiger charge is -2.12. The van der Waals surface area contributed by atoms with Crippen molar-refractivity contribution in [2.24, 2.45) is 0 Å². The number of rotatable bonds is 6. The van der Waals surface area contributed by atoms with E-state index in [1.165, 1.54) is 0 Å². The van der Waals surface area contributed by atoms with E-state index in [-0.39, 0.29) is 5.69 Å². The summed E-state index contributed by atoms with van der Waals surface area (Å²) in [6.45, 7) is 7.97. The second kappa shape index (κ2) is 6.43. The molecule has 0 saturated carbocycles. The van der Waals surface area contributed by atoms with E-state index in [1.807, 2.05) is 13.1 Å². The van der Waals surface area contributed by atoms with Gasteiger partial charge in [0.15, 0.2) is 0 Å². The van der Waals surface area contributed by atoms with Crippen molar-refractivity contribution >= 4 is 0 Å². The third kappa shape index (κ3) is 4.14. The summed E-state index contributed by atoms with van der Waals surface area (Å²) >= 11 is 0. The molecular weight excluding hydrogens is 202 g/mol. The van der Waals surface area contributed by atoms with Crippen molar-refractivity contribution in [1.82, 2.24) is 14.9 Å². The molecule has 0 spiro atoms. The molecule has 1 heterocycles. The minimum Gasteiger partial charge on any atom is -0.315 e. The fourth-order valence-corrected chi connectivity index (χ4v) is 1.74. The van der Waals surface area contributed by atoms with Crippen LogP contribution >= 0.6 is 0 Å². The molecule has 16 heavy (non-hydrogen) atoms. The van der Waals surface area contributed by atoms with Gasteiger partial charge in [-0.3, -0.25) is 4.57 Å². The maximum Gasteiger partial charge on any atom is 0.347 e. The maximum absolute atomic E-state index is 11.4. The summed E-state index contributed by atoms with van der Waals surface area (Å²) < 4.78 is 1.69. The zero-order valence-electron chi connectivity index (χ0n) is 10.4. The van der Waals surface area contributed by atoms with Crippen LogP contribution in [0.4, 0.5) is 0 Å². The van der Waals surface area contributed by atoms with Crippen molar-refractivity contribution in [3.8, 4) is 0 Å². The first-order valence-corrected chi connectivity index (χ1v) is 5.90. The van der Waals surface area contributed by atoms with Gasteiger partial charge in [0.25, 0.3) is 0 Å². The summed E-state index contributed by atoms with van der Waals surface area (Å²) in [7, 11) is 0. The summed E-state index contributed by atoms with van der Waals surface area (Å²) in [6.07, 6.45) is 5.56. The highest BCUT2D eigenvalue weighted by Crippen LogP contribution is 1.99. The molecule has 4 nitrogen and oxygen atoms in total. The van der Waals surface area contributed by atoms with E-state index >= 15 is 0 Å². The molecule has 0 saturated heterocycles. The van der Waals surface area contributed by atoms with Crippen LogP contribution in [0.25, 0.3) is 0 Å². The van der Waals surface area contributed by atoms with Gasteiger partial charge in [-0.2, -0.15) is 0 Å². The fourth-order valence-electron chi connectivity index (χ4n) is 1.74. The lowest BCUT2D eigenvalue weighted by Crippen LogP contribution is -2.27. The van der Waals surface area contributed by atoms with Crippen molar-refractivity contribution in [1.29, 1.82) is 0 Å². The van der Waals surface area contributed by atoms with Crippen molar-refractivity contribution in [2.75, 3.05) is 6.54 Å². The summed E-state index contributed by atoms with van der Waals surface area (Å²) in [6, 6.07) is 0.512. The van der Waals surface area contributed by atoms with Crippen LogP contribution in [-0.4, -0.2) is 22.1 Å². The topological polar surface area (TPSA) is 46.9 Å². The molecule has 0 aliphatic carbocycles. The van der Waals surface area contributed by atoms with Gasteiger partial charge in [-0.1, -0.05) is 6.92 Å². The first-order valence-electron chi connectivity index (χ1n) is 5.90. The van der Waals surface area contributed by atoms with Crippen LogP contribution in [0.2, 0.25) is 0 Å². The Bertz CT molecular complexity index is 373. The average molecular weight is 223 g/mol. The highest BCUT2D eigenvalue weighted by Gasteiger charge is 2.01. The van der Waals surface area contributed by atoms with E-state index < -0.39 is 0 Å². The Balaban J connectivity index is 2.43. The van der Waals surface area contributed by atoms with E-state index in [2.05, 4.69) is 24.1 Å². The highest BCUT2D eigenvalue weighted by atomic mass is 16.1. The van der Waals surface area contributed by atoms with Crippen LogP contribution in [0, 0.1) is 6.92 Å². The Hall–Kier alpha value is -1.16. The van der Waals surface area contributed by atoms with Crippen LogP contribution in [-0.2, 0) is 6.54 Å². The van der Waals surface area contributed by atoms with E-state index in [0.717, 1.165) is 31.5 Å². The molecule has 1 aromatic heterocycles. The van der Waals surface area contributed by atoms with Crippen LogP contribution in [0.15, 0.2) is 17.2 Å². The van der Waals surface area contributed by atoms with Crippen LogP contribution in [0.3, 0.4) is 0 Å². The molecule has 0 radical (unpaired) electrons. The van der Waals surface area contributed by atoms with Crippen LogP contribution in [0.5, 0.6) is 0 Å². The first-order chi connectivity index (χ1) is 7.63. The SMILES string of the molecule is CCNC(C)CCCn1cc(C)cnc1=O. The fraction of sp³-hybridized carbons (Fsp3) is 0.667. The van der Waals surface area contributed by atoms with Crippen molar-refractivity contribution < 1.29 is 0 Å². The Morgan fingerprint density at radius 1 is 1.56 bits per heavy atom. The van der Waals surface area contributed by atoms with E-state index in [4.69, 9.17) is 0 Å². The number of aryl methyl sites for hydroxylation is 2. The summed E-state index contributed by atoms with van der Waals surface area (Å²) in [4.78, 5) is 15.2. The summed E-state index contributed by atoms with van der Waals surface area (Å²) in [5.41, 5.74) is 0.876. The number of hydrogen-bond acceptors (Lipinski definition) is 3. The molecule has 0 amide bonds. The molecule has 0 aromatic carbocycles. The van der Waals surface area contributed by atoms with Gasteiger partial charge in [-0.25, -0.2) is 9.78 Å². The standard InChI is InChI=1S/C12H21N3O/c1-4-13-11(3)6-5-7-15-9-10(2)8-14-12(15)16/h8-9,11,13H,4-7H2,1-3H3. The Kier molecular flexibility index (Phi) is 5.19. The van der Waals surface area contributed by atoms with Gasteiger partial charge in [0.2, 0.25) is 0 Å². The Labute approximate surface area is 96.7 Å². The molecule has 90 valence electrons. The number of hydrogen-bond donors (Lipinski definition) is 1. The molecule has 0 aliphatic heterocycles. The molecule has 4 heteroatoms. The zero-order chi connectivity index (χ0) is 12.0. The van der Waals surface area contributed by atoms with Crippen LogP contribution in [0.1, 0.15) is 32.3 Å². The molecule has 0 fully saturated rings. The van der Waals surface area contributed by atoms with Crippen molar-refractivity contribution in [3.05, 3.63) is 28.4 Å². The maximum atomic E-state index is 11.4. The Morgan fingerprint density at radius 2 is 2.31 bits per heavy atom. The Morgan fingerprint density at radius 3 is 3.00 bits per heavy atom. The van der Waals surface area contributed by atoms with Crippen molar-refractivity contribution in [2.45, 2.75) is 46.2 Å². The lowest BCUT2D eigenvalue weighted by molar-refractivity contribution is 0.479. The molecule has 1 aromatic rings. The van der Waals surface area contributed by atoms with E-state index in [9.17, 15) is 4.79 Å². The van der Waals surface area contributed by atoms with Gasteiger partial charge < -0.3 is 5.32 Å². The van der Waals surface area contributed by atoms with E-state index in [1.54, 1.807) is 10.8 Å². The largest absolute Gasteiger partial charge is 0.347 e. The number of aromatic nitrogens is 2. The molecule has 1 atom stereocenters. The second-order valence-electron chi connectivity index (χ2n) is 4.21. The van der Waals surface area contributed by atoms with Gasteiger partial charge in [0.1, 0.15) is 0 Å². The minimum atomic E-state index is -0.151. The predicted octanol–water partition coefficient (Wildman–Crippen LogP) is 1.33. The van der Waals surface area contributed by atoms with Gasteiger partial charge in [0.05, 0.1) is 0 Å². The van der Waals surface area contributed by atoms with Crippen LogP contribution < -0.4 is 11.0 Å². The summed E-state index contributed by atoms with van der Waals surface area (Å²) in [5.74, 6) is 0. The molecule has 0 aliphatic rings. The lowest BCUT2D eigenvalue weighted by atomic mass is 10.2. The third-order valence-corrected chi connectivity index (χ3v) is 2.57. The highest BCUT2D eigenvalue weighted by molar-refractivity contribution is 4.99. The third-order valence-electron chi connectivity index (χ3n) is 2.57. The normalized spacial score (nSPS) is 12.7. The van der Waals surface area contributed by atoms with Gasteiger partial charge >= 0.3 is 5.69 Å². The molecule has 1 rings (SSSR count). The average Bonchev–Trinajstić information content (AvgIpc) is 2.23. The quantitative estimate of drug-likeness (QED) is 0.791. The van der Waals surface area contributed by atoms with Gasteiger partial charge in [0, 0.05) is 25.0 Å². The molecule has 1 N–H and O–H groups in total.